The molecule has 0 amide bonds. The minimum absolute atomic E-state index is 0.515. The van der Waals surface area contributed by atoms with Crippen LogP contribution in [0.5, 0.6) is 0 Å². The van der Waals surface area contributed by atoms with Crippen molar-refractivity contribution in [1.82, 2.24) is 0 Å². The van der Waals surface area contributed by atoms with E-state index < -0.39 is 0 Å². The van der Waals surface area contributed by atoms with Crippen LogP contribution in [0.25, 0.3) is 0 Å². The quantitative estimate of drug-likeness (QED) is 0.536. The standard InChI is InChI=1S/C19H28/c1-18-11-5-7-16(18)15-9-8-14-6-3-4-12-19(14,2)17(15)10-13-18/h6,8-9,15-17H,3-5,7,10-13H2,1-2H3/t15-,16-,17-,18-,19+/m0/s1. The van der Waals surface area contributed by atoms with Crippen molar-refractivity contribution in [2.24, 2.45) is 28.6 Å². The van der Waals surface area contributed by atoms with Gasteiger partial charge >= 0.3 is 0 Å². The normalized spacial score (nSPS) is 52.1. The lowest BCUT2D eigenvalue weighted by Crippen LogP contribution is -2.47. The fourth-order valence-electron chi connectivity index (χ4n) is 6.17. The van der Waals surface area contributed by atoms with Crippen molar-refractivity contribution in [1.29, 1.82) is 0 Å². The summed E-state index contributed by atoms with van der Waals surface area (Å²) in [6, 6.07) is 0. The zero-order chi connectivity index (χ0) is 13.1. The Kier molecular flexibility index (Phi) is 2.57. The maximum atomic E-state index is 2.62. The van der Waals surface area contributed by atoms with Crippen molar-refractivity contribution in [2.75, 3.05) is 0 Å². The Hall–Kier alpha value is -0.520. The van der Waals surface area contributed by atoms with Gasteiger partial charge in [0.05, 0.1) is 0 Å². The van der Waals surface area contributed by atoms with Gasteiger partial charge < -0.3 is 0 Å². The highest BCUT2D eigenvalue weighted by Crippen LogP contribution is 2.63. The van der Waals surface area contributed by atoms with Crippen molar-refractivity contribution in [3.05, 3.63) is 23.8 Å². The van der Waals surface area contributed by atoms with E-state index in [0.717, 1.165) is 17.8 Å². The molecule has 0 spiro atoms. The van der Waals surface area contributed by atoms with Crippen molar-refractivity contribution < 1.29 is 0 Å². The molecule has 0 aromatic rings. The lowest BCUT2D eigenvalue weighted by atomic mass is 9.49. The lowest BCUT2D eigenvalue weighted by molar-refractivity contribution is 0.00500. The lowest BCUT2D eigenvalue weighted by Gasteiger charge is -2.55. The molecular formula is C19H28. The molecule has 5 atom stereocenters. The second kappa shape index (κ2) is 3.99. The molecule has 0 heterocycles. The largest absolute Gasteiger partial charge is 0.0808 e. The molecule has 0 saturated heterocycles. The molecule has 0 aromatic carbocycles. The predicted molar refractivity (Wildman–Crippen MR) is 80.8 cm³/mol. The van der Waals surface area contributed by atoms with Gasteiger partial charge in [0.15, 0.2) is 0 Å². The van der Waals surface area contributed by atoms with E-state index >= 15 is 0 Å². The average Bonchev–Trinajstić information content (AvgIpc) is 2.79. The van der Waals surface area contributed by atoms with Crippen LogP contribution in [-0.4, -0.2) is 0 Å². The third-order valence-electron chi connectivity index (χ3n) is 7.35. The molecule has 0 aromatic heterocycles. The Balaban J connectivity index is 1.75. The number of rotatable bonds is 0. The molecule has 19 heavy (non-hydrogen) atoms. The van der Waals surface area contributed by atoms with E-state index in [-0.39, 0.29) is 0 Å². The summed E-state index contributed by atoms with van der Waals surface area (Å²) < 4.78 is 0. The van der Waals surface area contributed by atoms with Gasteiger partial charge in [0, 0.05) is 0 Å². The number of hydrogen-bond acceptors (Lipinski definition) is 0. The van der Waals surface area contributed by atoms with Gasteiger partial charge in [-0.1, -0.05) is 38.5 Å². The molecule has 4 rings (SSSR count). The molecule has 0 unspecified atom stereocenters. The van der Waals surface area contributed by atoms with Crippen LogP contribution >= 0.6 is 0 Å². The summed E-state index contributed by atoms with van der Waals surface area (Å²) in [5, 5.41) is 0. The first-order chi connectivity index (χ1) is 9.13. The SMILES string of the molecule is C[C@@]12CCC[C@H]1[C@@H]1C=CC3=CCCC[C@@]3(C)[C@H]1CC2. The Bertz CT molecular complexity index is 443. The molecule has 4 aliphatic carbocycles. The Morgan fingerprint density at radius 3 is 2.79 bits per heavy atom. The van der Waals surface area contributed by atoms with Gasteiger partial charge in [-0.3, -0.25) is 0 Å². The summed E-state index contributed by atoms with van der Waals surface area (Å²) in [7, 11) is 0. The van der Waals surface area contributed by atoms with E-state index in [1.54, 1.807) is 5.57 Å². The van der Waals surface area contributed by atoms with Crippen molar-refractivity contribution in [2.45, 2.75) is 65.2 Å². The molecule has 0 radical (unpaired) electrons. The van der Waals surface area contributed by atoms with Crippen molar-refractivity contribution in [3.8, 4) is 0 Å². The predicted octanol–water partition coefficient (Wildman–Crippen LogP) is 5.51. The van der Waals surface area contributed by atoms with E-state index in [1.807, 2.05) is 0 Å². The highest BCUT2D eigenvalue weighted by Gasteiger charge is 2.54. The molecule has 0 N–H and O–H groups in total. The van der Waals surface area contributed by atoms with Gasteiger partial charge in [-0.25, -0.2) is 0 Å². The van der Waals surface area contributed by atoms with Crippen molar-refractivity contribution in [3.63, 3.8) is 0 Å². The van der Waals surface area contributed by atoms with E-state index in [2.05, 4.69) is 32.1 Å². The summed E-state index contributed by atoms with van der Waals surface area (Å²) in [5.41, 5.74) is 2.88. The van der Waals surface area contributed by atoms with Gasteiger partial charge in [-0.15, -0.1) is 0 Å². The third-order valence-corrected chi connectivity index (χ3v) is 7.35. The fraction of sp³-hybridized carbons (Fsp3) is 0.789. The zero-order valence-electron chi connectivity index (χ0n) is 12.6. The molecule has 2 fully saturated rings. The van der Waals surface area contributed by atoms with Crippen LogP contribution in [0.4, 0.5) is 0 Å². The van der Waals surface area contributed by atoms with Gasteiger partial charge in [-0.05, 0) is 79.1 Å². The number of allylic oxidation sites excluding steroid dienone is 4. The smallest absolute Gasteiger partial charge is 0.00445 e. The zero-order valence-corrected chi connectivity index (χ0v) is 12.6. The minimum Gasteiger partial charge on any atom is -0.0808 e. The molecule has 2 saturated carbocycles. The topological polar surface area (TPSA) is 0 Å². The van der Waals surface area contributed by atoms with Crippen LogP contribution in [0.1, 0.15) is 65.2 Å². The van der Waals surface area contributed by atoms with E-state index in [0.29, 0.717) is 10.8 Å². The Morgan fingerprint density at radius 1 is 1.00 bits per heavy atom. The second-order valence-electron chi connectivity index (χ2n) is 8.20. The second-order valence-corrected chi connectivity index (χ2v) is 8.20. The van der Waals surface area contributed by atoms with Gasteiger partial charge in [-0.2, -0.15) is 0 Å². The Labute approximate surface area is 118 Å². The van der Waals surface area contributed by atoms with E-state index in [9.17, 15) is 0 Å². The minimum atomic E-state index is 0.515. The van der Waals surface area contributed by atoms with Crippen LogP contribution in [-0.2, 0) is 0 Å². The van der Waals surface area contributed by atoms with Crippen LogP contribution < -0.4 is 0 Å². The number of fused-ring (bicyclic) bond motifs is 5. The van der Waals surface area contributed by atoms with Gasteiger partial charge in [0.1, 0.15) is 0 Å². The van der Waals surface area contributed by atoms with Crippen LogP contribution in [0, 0.1) is 28.6 Å². The summed E-state index contributed by atoms with van der Waals surface area (Å²) >= 11 is 0. The first-order valence-corrected chi connectivity index (χ1v) is 8.52. The molecule has 0 bridgehead atoms. The summed E-state index contributed by atoms with van der Waals surface area (Å²) in [6.45, 7) is 5.17. The Morgan fingerprint density at radius 2 is 1.89 bits per heavy atom. The van der Waals surface area contributed by atoms with Gasteiger partial charge in [0.2, 0.25) is 0 Å². The highest BCUT2D eigenvalue weighted by atomic mass is 14.6. The maximum Gasteiger partial charge on any atom is -0.00445 e. The average molecular weight is 256 g/mol. The number of hydrogen-bond donors (Lipinski definition) is 0. The van der Waals surface area contributed by atoms with Gasteiger partial charge in [0.25, 0.3) is 0 Å². The van der Waals surface area contributed by atoms with Crippen molar-refractivity contribution >= 4 is 0 Å². The van der Waals surface area contributed by atoms with Crippen LogP contribution in [0.15, 0.2) is 23.8 Å². The molecule has 0 heteroatoms. The van der Waals surface area contributed by atoms with E-state index in [4.69, 9.17) is 0 Å². The molecular weight excluding hydrogens is 228 g/mol. The summed E-state index contributed by atoms with van der Waals surface area (Å²) in [6.07, 6.45) is 19.3. The molecule has 0 nitrogen and oxygen atoms in total. The molecule has 104 valence electrons. The molecule has 4 aliphatic rings. The summed E-state index contributed by atoms with van der Waals surface area (Å²) in [4.78, 5) is 0. The molecule has 0 aliphatic heterocycles. The first kappa shape index (κ1) is 12.2. The van der Waals surface area contributed by atoms with Crippen LogP contribution in [0.2, 0.25) is 0 Å². The van der Waals surface area contributed by atoms with Crippen LogP contribution in [0.3, 0.4) is 0 Å². The third kappa shape index (κ3) is 1.58. The monoisotopic (exact) mass is 256 g/mol. The first-order valence-electron chi connectivity index (χ1n) is 8.52. The summed E-state index contributed by atoms with van der Waals surface area (Å²) in [5.74, 6) is 2.82. The fourth-order valence-corrected chi connectivity index (χ4v) is 6.17. The van der Waals surface area contributed by atoms with E-state index in [1.165, 1.54) is 51.4 Å². The maximum absolute atomic E-state index is 2.62. The highest BCUT2D eigenvalue weighted by molar-refractivity contribution is 5.35.